The van der Waals surface area contributed by atoms with Gasteiger partial charge in [-0.3, -0.25) is 0 Å². The van der Waals surface area contributed by atoms with Gasteiger partial charge in [0.1, 0.15) is 11.6 Å². The van der Waals surface area contributed by atoms with Crippen LogP contribution in [-0.4, -0.2) is 0 Å². The number of benzene rings is 2. The molecule has 0 aliphatic carbocycles. The molecule has 2 aromatic rings. The molecule has 0 spiro atoms. The molecule has 1 atom stereocenters. The Morgan fingerprint density at radius 1 is 1.21 bits per heavy atom. The van der Waals surface area contributed by atoms with Crippen molar-refractivity contribution in [3.05, 3.63) is 69.7 Å². The lowest BCUT2D eigenvalue weighted by molar-refractivity contribution is 0.591. The van der Waals surface area contributed by atoms with E-state index in [2.05, 4.69) is 0 Å². The first kappa shape index (κ1) is 14.0. The number of hydrogen-bond donors (Lipinski definition) is 1. The predicted octanol–water partition coefficient (Wildman–Crippen LogP) is 4.17. The van der Waals surface area contributed by atoms with Crippen LogP contribution in [0.2, 0.25) is 5.02 Å². The van der Waals surface area contributed by atoms with Crippen molar-refractivity contribution < 1.29 is 8.78 Å². The first-order chi connectivity index (χ1) is 8.99. The molecule has 2 rings (SSSR count). The van der Waals surface area contributed by atoms with Crippen LogP contribution >= 0.6 is 11.6 Å². The van der Waals surface area contributed by atoms with Crippen molar-refractivity contribution in [2.75, 3.05) is 0 Å². The predicted molar refractivity (Wildman–Crippen MR) is 73.2 cm³/mol. The van der Waals surface area contributed by atoms with E-state index in [9.17, 15) is 8.78 Å². The van der Waals surface area contributed by atoms with Crippen LogP contribution < -0.4 is 5.73 Å². The standard InChI is InChI=1S/C15H14ClF2N/c1-9-7-10(17)5-6-11(9)15(19)8-12-13(16)3-2-4-14(12)18/h2-7,15H,8,19H2,1H3. The number of hydrogen-bond acceptors (Lipinski definition) is 1. The van der Waals surface area contributed by atoms with E-state index in [1.54, 1.807) is 25.1 Å². The fraction of sp³-hybridized carbons (Fsp3) is 0.200. The average Bonchev–Trinajstić information content (AvgIpc) is 2.33. The molecule has 0 radical (unpaired) electrons. The minimum absolute atomic E-state index is 0.276. The molecule has 1 nitrogen and oxygen atoms in total. The van der Waals surface area contributed by atoms with Gasteiger partial charge in [-0.2, -0.15) is 0 Å². The summed E-state index contributed by atoms with van der Waals surface area (Å²) in [6.45, 7) is 1.78. The summed E-state index contributed by atoms with van der Waals surface area (Å²) >= 11 is 5.97. The van der Waals surface area contributed by atoms with Crippen molar-refractivity contribution in [3.63, 3.8) is 0 Å². The monoisotopic (exact) mass is 281 g/mol. The third-order valence-corrected chi connectivity index (χ3v) is 3.47. The SMILES string of the molecule is Cc1cc(F)ccc1C(N)Cc1c(F)cccc1Cl. The molecule has 100 valence electrons. The zero-order valence-electron chi connectivity index (χ0n) is 10.5. The lowest BCUT2D eigenvalue weighted by Gasteiger charge is -2.16. The quantitative estimate of drug-likeness (QED) is 0.898. The molecular formula is C15H14ClF2N. The van der Waals surface area contributed by atoms with Crippen LogP contribution in [-0.2, 0) is 6.42 Å². The van der Waals surface area contributed by atoms with Crippen molar-refractivity contribution in [2.45, 2.75) is 19.4 Å². The Hall–Kier alpha value is -1.45. The highest BCUT2D eigenvalue weighted by Gasteiger charge is 2.15. The largest absolute Gasteiger partial charge is 0.324 e. The summed E-state index contributed by atoms with van der Waals surface area (Å²) in [5, 5.41) is 0.357. The number of rotatable bonds is 3. The van der Waals surface area contributed by atoms with E-state index in [4.69, 9.17) is 17.3 Å². The summed E-state index contributed by atoms with van der Waals surface area (Å²) in [5.41, 5.74) is 8.00. The summed E-state index contributed by atoms with van der Waals surface area (Å²) < 4.78 is 26.7. The van der Waals surface area contributed by atoms with Gasteiger partial charge in [0, 0.05) is 16.6 Å². The van der Waals surface area contributed by atoms with E-state index in [0.717, 1.165) is 11.1 Å². The zero-order chi connectivity index (χ0) is 14.0. The lowest BCUT2D eigenvalue weighted by atomic mass is 9.96. The minimum atomic E-state index is -0.421. The van der Waals surface area contributed by atoms with Crippen LogP contribution in [0.4, 0.5) is 8.78 Å². The third kappa shape index (κ3) is 3.11. The van der Waals surface area contributed by atoms with Gasteiger partial charge in [0.05, 0.1) is 0 Å². The molecule has 0 saturated carbocycles. The Balaban J connectivity index is 2.28. The molecular weight excluding hydrogens is 268 g/mol. The van der Waals surface area contributed by atoms with Gasteiger partial charge < -0.3 is 5.73 Å². The fourth-order valence-electron chi connectivity index (χ4n) is 2.11. The number of nitrogens with two attached hydrogens (primary N) is 1. The zero-order valence-corrected chi connectivity index (χ0v) is 11.2. The first-order valence-corrected chi connectivity index (χ1v) is 6.31. The summed E-state index contributed by atoms with van der Waals surface area (Å²) in [7, 11) is 0. The fourth-order valence-corrected chi connectivity index (χ4v) is 2.35. The van der Waals surface area contributed by atoms with Crippen molar-refractivity contribution >= 4 is 11.6 Å². The molecule has 0 bridgehead atoms. The topological polar surface area (TPSA) is 26.0 Å². The third-order valence-electron chi connectivity index (χ3n) is 3.12. The van der Waals surface area contributed by atoms with Crippen molar-refractivity contribution in [1.29, 1.82) is 0 Å². The van der Waals surface area contributed by atoms with Crippen LogP contribution in [0.5, 0.6) is 0 Å². The van der Waals surface area contributed by atoms with Gasteiger partial charge in [-0.05, 0) is 48.7 Å². The Morgan fingerprint density at radius 2 is 1.95 bits per heavy atom. The second-order valence-electron chi connectivity index (χ2n) is 4.51. The second kappa shape index (κ2) is 5.68. The van der Waals surface area contributed by atoms with Crippen LogP contribution in [0.15, 0.2) is 36.4 Å². The summed E-state index contributed by atoms with van der Waals surface area (Å²) in [6.07, 6.45) is 0.276. The van der Waals surface area contributed by atoms with Gasteiger partial charge in [0.15, 0.2) is 0 Å². The maximum Gasteiger partial charge on any atom is 0.127 e. The number of halogens is 3. The van der Waals surface area contributed by atoms with Gasteiger partial charge in [0.2, 0.25) is 0 Å². The number of aryl methyl sites for hydroxylation is 1. The highest BCUT2D eigenvalue weighted by Crippen LogP contribution is 2.26. The van der Waals surface area contributed by atoms with E-state index in [0.29, 0.717) is 10.6 Å². The van der Waals surface area contributed by atoms with E-state index in [1.165, 1.54) is 18.2 Å². The Labute approximate surface area is 116 Å². The summed E-state index contributed by atoms with van der Waals surface area (Å²) in [6, 6.07) is 8.51. The minimum Gasteiger partial charge on any atom is -0.324 e. The lowest BCUT2D eigenvalue weighted by Crippen LogP contribution is -2.16. The molecule has 2 aromatic carbocycles. The van der Waals surface area contributed by atoms with Gasteiger partial charge in [-0.25, -0.2) is 8.78 Å². The second-order valence-corrected chi connectivity index (χ2v) is 4.92. The van der Waals surface area contributed by atoms with Crippen LogP contribution in [0.25, 0.3) is 0 Å². The van der Waals surface area contributed by atoms with Crippen molar-refractivity contribution in [3.8, 4) is 0 Å². The molecule has 0 aromatic heterocycles. The smallest absolute Gasteiger partial charge is 0.127 e. The molecule has 4 heteroatoms. The maximum absolute atomic E-state index is 13.7. The Kier molecular flexibility index (Phi) is 4.17. The van der Waals surface area contributed by atoms with Gasteiger partial charge in [0.25, 0.3) is 0 Å². The maximum atomic E-state index is 13.7. The Morgan fingerprint density at radius 3 is 2.58 bits per heavy atom. The Bertz CT molecular complexity index is 578. The molecule has 0 amide bonds. The summed E-state index contributed by atoms with van der Waals surface area (Å²) in [5.74, 6) is -0.680. The molecule has 0 aliphatic rings. The molecule has 0 fully saturated rings. The molecule has 0 saturated heterocycles. The average molecular weight is 282 g/mol. The molecule has 1 unspecified atom stereocenters. The molecule has 2 N–H and O–H groups in total. The van der Waals surface area contributed by atoms with Crippen molar-refractivity contribution in [2.24, 2.45) is 5.73 Å². The van der Waals surface area contributed by atoms with Crippen LogP contribution in [0.1, 0.15) is 22.7 Å². The van der Waals surface area contributed by atoms with E-state index in [1.807, 2.05) is 0 Å². The molecule has 19 heavy (non-hydrogen) atoms. The first-order valence-electron chi connectivity index (χ1n) is 5.93. The van der Waals surface area contributed by atoms with Gasteiger partial charge in [-0.1, -0.05) is 23.7 Å². The highest BCUT2D eigenvalue weighted by atomic mass is 35.5. The van der Waals surface area contributed by atoms with Gasteiger partial charge >= 0.3 is 0 Å². The molecule has 0 aliphatic heterocycles. The van der Waals surface area contributed by atoms with E-state index < -0.39 is 6.04 Å². The van der Waals surface area contributed by atoms with E-state index >= 15 is 0 Å². The van der Waals surface area contributed by atoms with Gasteiger partial charge in [-0.15, -0.1) is 0 Å². The molecule has 0 heterocycles. The van der Waals surface area contributed by atoms with Crippen LogP contribution in [0.3, 0.4) is 0 Å². The summed E-state index contributed by atoms with van der Waals surface area (Å²) in [4.78, 5) is 0. The van der Waals surface area contributed by atoms with E-state index in [-0.39, 0.29) is 18.1 Å². The normalized spacial score (nSPS) is 12.5. The highest BCUT2D eigenvalue weighted by molar-refractivity contribution is 6.31. The van der Waals surface area contributed by atoms with Crippen molar-refractivity contribution in [1.82, 2.24) is 0 Å². The van der Waals surface area contributed by atoms with Crippen LogP contribution in [0, 0.1) is 18.6 Å².